The van der Waals surface area contributed by atoms with Crippen LogP contribution in [-0.4, -0.2) is 15.4 Å². The van der Waals surface area contributed by atoms with Gasteiger partial charge in [-0.05, 0) is 12.1 Å². The van der Waals surface area contributed by atoms with Gasteiger partial charge in [0.1, 0.15) is 17.2 Å². The number of hydrogen-bond acceptors (Lipinski definition) is 2. The minimum Gasteiger partial charge on any atom is -0.384 e. The summed E-state index contributed by atoms with van der Waals surface area (Å²) in [5.41, 5.74) is 4.91. The summed E-state index contributed by atoms with van der Waals surface area (Å²) in [6, 6.07) is 2.38. The molecule has 0 atom stereocenters. The molecule has 0 fully saturated rings. The molecule has 0 aliphatic carbocycles. The fourth-order valence-electron chi connectivity index (χ4n) is 1.73. The van der Waals surface area contributed by atoms with Crippen LogP contribution in [0.2, 0.25) is 0 Å². The molecule has 4 nitrogen and oxygen atoms in total. The highest BCUT2D eigenvalue weighted by atomic mass is 19.4. The highest BCUT2D eigenvalue weighted by Crippen LogP contribution is 2.33. The van der Waals surface area contributed by atoms with Crippen molar-refractivity contribution in [1.29, 1.82) is 5.41 Å². The molecule has 0 aliphatic rings. The Balaban J connectivity index is 2.82. The third-order valence-corrected chi connectivity index (χ3v) is 2.51. The molecule has 0 spiro atoms. The van der Waals surface area contributed by atoms with Gasteiger partial charge >= 0.3 is 6.18 Å². The van der Waals surface area contributed by atoms with Crippen LogP contribution in [-0.2, 0) is 13.2 Å². The van der Waals surface area contributed by atoms with Crippen LogP contribution >= 0.6 is 0 Å². The second kappa shape index (κ2) is 3.47. The Morgan fingerprint density at radius 2 is 2.12 bits per heavy atom. The average molecular weight is 242 g/mol. The molecule has 90 valence electrons. The first-order chi connectivity index (χ1) is 7.82. The second-order valence-corrected chi connectivity index (χ2v) is 3.60. The van der Waals surface area contributed by atoms with Crippen molar-refractivity contribution in [2.24, 2.45) is 12.8 Å². The van der Waals surface area contributed by atoms with E-state index in [4.69, 9.17) is 11.1 Å². The van der Waals surface area contributed by atoms with E-state index in [0.29, 0.717) is 0 Å². The zero-order valence-electron chi connectivity index (χ0n) is 8.84. The maximum absolute atomic E-state index is 12.7. The van der Waals surface area contributed by atoms with E-state index in [2.05, 4.69) is 4.98 Å². The molecule has 2 aromatic rings. The van der Waals surface area contributed by atoms with Crippen molar-refractivity contribution < 1.29 is 13.2 Å². The number of rotatable bonds is 1. The largest absolute Gasteiger partial charge is 0.431 e. The third-order valence-electron chi connectivity index (χ3n) is 2.51. The Bertz CT molecular complexity index is 597. The van der Waals surface area contributed by atoms with Gasteiger partial charge < -0.3 is 10.3 Å². The molecule has 2 aromatic heterocycles. The number of amidine groups is 1. The highest BCUT2D eigenvalue weighted by Gasteiger charge is 2.35. The lowest BCUT2D eigenvalue weighted by molar-refractivity contribution is -0.142. The van der Waals surface area contributed by atoms with E-state index in [1.54, 1.807) is 0 Å². The number of fused-ring (bicyclic) bond motifs is 1. The molecule has 0 unspecified atom stereocenters. The SMILES string of the molecule is Cn1c(C(F)(F)F)cc2c(C(=N)N)ccnc21. The van der Waals surface area contributed by atoms with Crippen LogP contribution in [0.15, 0.2) is 18.3 Å². The van der Waals surface area contributed by atoms with Crippen molar-refractivity contribution >= 4 is 16.9 Å². The zero-order valence-corrected chi connectivity index (χ0v) is 8.84. The van der Waals surface area contributed by atoms with Crippen LogP contribution < -0.4 is 5.73 Å². The third kappa shape index (κ3) is 1.73. The fourth-order valence-corrected chi connectivity index (χ4v) is 1.73. The molecule has 0 radical (unpaired) electrons. The van der Waals surface area contributed by atoms with Crippen LogP contribution in [0.3, 0.4) is 0 Å². The molecule has 2 rings (SSSR count). The van der Waals surface area contributed by atoms with Gasteiger partial charge in [0.05, 0.1) is 0 Å². The Morgan fingerprint density at radius 3 is 2.65 bits per heavy atom. The van der Waals surface area contributed by atoms with E-state index in [0.717, 1.165) is 10.6 Å². The molecule has 0 saturated carbocycles. The summed E-state index contributed by atoms with van der Waals surface area (Å²) in [6.07, 6.45) is -3.12. The molecular weight excluding hydrogens is 233 g/mol. The van der Waals surface area contributed by atoms with Crippen molar-refractivity contribution in [3.63, 3.8) is 0 Å². The Labute approximate surface area is 94.4 Å². The minimum atomic E-state index is -4.45. The number of nitrogens with zero attached hydrogens (tertiary/aromatic N) is 2. The summed E-state index contributed by atoms with van der Waals surface area (Å²) in [6.45, 7) is 0. The Hall–Kier alpha value is -2.05. The van der Waals surface area contributed by atoms with Gasteiger partial charge in [-0.25, -0.2) is 4.98 Å². The predicted octanol–water partition coefficient (Wildman–Crippen LogP) is 1.88. The van der Waals surface area contributed by atoms with E-state index in [1.165, 1.54) is 19.3 Å². The maximum atomic E-state index is 12.7. The van der Waals surface area contributed by atoms with Gasteiger partial charge in [0, 0.05) is 24.2 Å². The fraction of sp³-hybridized carbons (Fsp3) is 0.200. The normalized spacial score (nSPS) is 12.0. The van der Waals surface area contributed by atoms with Crippen LogP contribution in [0.4, 0.5) is 13.2 Å². The standard InChI is InChI=1S/C10H9F3N4/c1-17-7(10(11,12)13)4-6-5(8(14)15)2-3-16-9(6)17/h2-4H,1H3,(H3,14,15). The van der Waals surface area contributed by atoms with E-state index < -0.39 is 11.9 Å². The number of nitrogens with two attached hydrogens (primary N) is 1. The van der Waals surface area contributed by atoms with Gasteiger partial charge in [0.15, 0.2) is 0 Å². The monoisotopic (exact) mass is 242 g/mol. The predicted molar refractivity (Wildman–Crippen MR) is 56.7 cm³/mol. The van der Waals surface area contributed by atoms with Gasteiger partial charge in [0.2, 0.25) is 0 Å². The lowest BCUT2D eigenvalue weighted by Crippen LogP contribution is -2.11. The molecule has 3 N–H and O–H groups in total. The summed E-state index contributed by atoms with van der Waals surface area (Å²) < 4.78 is 39.0. The van der Waals surface area contributed by atoms with Gasteiger partial charge in [0.25, 0.3) is 0 Å². The first kappa shape index (κ1) is 11.4. The van der Waals surface area contributed by atoms with E-state index in [9.17, 15) is 13.2 Å². The summed E-state index contributed by atoms with van der Waals surface area (Å²) >= 11 is 0. The van der Waals surface area contributed by atoms with Crippen molar-refractivity contribution in [3.05, 3.63) is 29.6 Å². The molecule has 0 amide bonds. The number of pyridine rings is 1. The molecule has 2 heterocycles. The van der Waals surface area contributed by atoms with Crippen LogP contribution in [0.5, 0.6) is 0 Å². The number of nitrogen functional groups attached to an aromatic ring is 1. The van der Waals surface area contributed by atoms with E-state index in [1.807, 2.05) is 0 Å². The molecule has 0 aliphatic heterocycles. The highest BCUT2D eigenvalue weighted by molar-refractivity contribution is 6.06. The minimum absolute atomic E-state index is 0.157. The molecule has 0 aromatic carbocycles. The lowest BCUT2D eigenvalue weighted by atomic mass is 10.1. The lowest BCUT2D eigenvalue weighted by Gasteiger charge is -2.06. The molecule has 0 saturated heterocycles. The summed E-state index contributed by atoms with van der Waals surface area (Å²) in [7, 11) is 1.28. The molecule has 0 bridgehead atoms. The van der Waals surface area contributed by atoms with Gasteiger partial charge in [-0.1, -0.05) is 0 Å². The number of aryl methyl sites for hydroxylation is 1. The quantitative estimate of drug-likeness (QED) is 0.592. The van der Waals surface area contributed by atoms with E-state index >= 15 is 0 Å². The Morgan fingerprint density at radius 1 is 1.47 bits per heavy atom. The summed E-state index contributed by atoms with van der Waals surface area (Å²) in [4.78, 5) is 3.87. The maximum Gasteiger partial charge on any atom is 0.431 e. The molecular formula is C10H9F3N4. The van der Waals surface area contributed by atoms with Crippen molar-refractivity contribution in [1.82, 2.24) is 9.55 Å². The molecule has 7 heteroatoms. The number of halogens is 3. The second-order valence-electron chi connectivity index (χ2n) is 3.60. The van der Waals surface area contributed by atoms with Crippen molar-refractivity contribution in [2.75, 3.05) is 0 Å². The van der Waals surface area contributed by atoms with Crippen molar-refractivity contribution in [2.45, 2.75) is 6.18 Å². The number of nitrogens with one attached hydrogen (secondary N) is 1. The number of hydrogen-bond donors (Lipinski definition) is 2. The van der Waals surface area contributed by atoms with Crippen LogP contribution in [0, 0.1) is 5.41 Å². The Kier molecular flexibility index (Phi) is 2.34. The summed E-state index contributed by atoms with van der Waals surface area (Å²) in [5.74, 6) is -0.281. The smallest absolute Gasteiger partial charge is 0.384 e. The number of alkyl halides is 3. The first-order valence-electron chi connectivity index (χ1n) is 4.68. The number of aromatic nitrogens is 2. The first-order valence-corrected chi connectivity index (χ1v) is 4.68. The topological polar surface area (TPSA) is 67.7 Å². The summed E-state index contributed by atoms with van der Waals surface area (Å²) in [5, 5.41) is 7.54. The molecule has 17 heavy (non-hydrogen) atoms. The van der Waals surface area contributed by atoms with Gasteiger partial charge in [-0.3, -0.25) is 5.41 Å². The van der Waals surface area contributed by atoms with Crippen molar-refractivity contribution in [3.8, 4) is 0 Å². The van der Waals surface area contributed by atoms with Crippen LogP contribution in [0.25, 0.3) is 11.0 Å². The average Bonchev–Trinajstić information content (AvgIpc) is 2.55. The van der Waals surface area contributed by atoms with E-state index in [-0.39, 0.29) is 22.4 Å². The van der Waals surface area contributed by atoms with Gasteiger partial charge in [-0.15, -0.1) is 0 Å². The van der Waals surface area contributed by atoms with Crippen LogP contribution in [0.1, 0.15) is 11.3 Å². The van der Waals surface area contributed by atoms with Gasteiger partial charge in [-0.2, -0.15) is 13.2 Å². The zero-order chi connectivity index (χ0) is 12.8.